The second kappa shape index (κ2) is 6.93. The summed E-state index contributed by atoms with van der Waals surface area (Å²) in [5.41, 5.74) is 5.02. The van der Waals surface area contributed by atoms with E-state index in [4.69, 9.17) is 10.8 Å². The van der Waals surface area contributed by atoms with Crippen molar-refractivity contribution in [2.75, 3.05) is 24.6 Å². The van der Waals surface area contributed by atoms with Crippen molar-refractivity contribution in [3.63, 3.8) is 0 Å². The van der Waals surface area contributed by atoms with E-state index in [2.05, 4.69) is 5.32 Å². The molecule has 0 rings (SSSR count). The van der Waals surface area contributed by atoms with E-state index >= 15 is 0 Å². The molecule has 0 radical (unpaired) electrons. The lowest BCUT2D eigenvalue weighted by Gasteiger charge is -2.01. The Morgan fingerprint density at radius 3 is 2.67 bits per heavy atom. The molecule has 0 heterocycles. The largest absolute Gasteiger partial charge is 0.481 e. The highest BCUT2D eigenvalue weighted by atomic mass is 32.2. The van der Waals surface area contributed by atoms with Crippen LogP contribution in [0.25, 0.3) is 0 Å². The van der Waals surface area contributed by atoms with Gasteiger partial charge in [0.25, 0.3) is 0 Å². The van der Waals surface area contributed by atoms with E-state index in [1.807, 2.05) is 0 Å². The van der Waals surface area contributed by atoms with E-state index in [0.717, 1.165) is 0 Å². The van der Waals surface area contributed by atoms with Crippen LogP contribution in [0.1, 0.15) is 0 Å². The number of nitrogens with one attached hydrogen (secondary N) is 1. The fourth-order valence-corrected chi connectivity index (χ4v) is 1.06. The van der Waals surface area contributed by atoms with Gasteiger partial charge in [0, 0.05) is 12.3 Å². The Bertz CT molecular complexity index is 163. The number of aliphatic carboxylic acids is 1. The average molecular weight is 192 g/mol. The Labute approximate surface area is 74.7 Å². The van der Waals surface area contributed by atoms with Gasteiger partial charge in [-0.25, -0.2) is 0 Å². The molecule has 4 N–H and O–H groups in total. The van der Waals surface area contributed by atoms with Crippen LogP contribution >= 0.6 is 11.8 Å². The van der Waals surface area contributed by atoms with Crippen molar-refractivity contribution in [2.24, 2.45) is 5.73 Å². The molecule has 0 aromatic carbocycles. The predicted molar refractivity (Wildman–Crippen MR) is 47.0 cm³/mol. The molecule has 5 nitrogen and oxygen atoms in total. The molecular formula is C6H12N2O3S. The lowest BCUT2D eigenvalue weighted by Crippen LogP contribution is -2.31. The van der Waals surface area contributed by atoms with E-state index in [1.165, 1.54) is 11.8 Å². The zero-order chi connectivity index (χ0) is 9.40. The van der Waals surface area contributed by atoms with E-state index in [0.29, 0.717) is 12.3 Å². The maximum absolute atomic E-state index is 10.5. The van der Waals surface area contributed by atoms with Crippen LogP contribution in [-0.4, -0.2) is 41.6 Å². The number of carboxylic acid groups (broad SMARTS) is 1. The summed E-state index contributed by atoms with van der Waals surface area (Å²) >= 11 is 1.26. The third-order valence-electron chi connectivity index (χ3n) is 0.980. The molecule has 0 saturated carbocycles. The third kappa shape index (κ3) is 7.36. The van der Waals surface area contributed by atoms with Gasteiger partial charge in [-0.05, 0) is 0 Å². The van der Waals surface area contributed by atoms with Crippen LogP contribution < -0.4 is 11.1 Å². The maximum Gasteiger partial charge on any atom is 0.313 e. The van der Waals surface area contributed by atoms with Gasteiger partial charge < -0.3 is 16.2 Å². The second-order valence-electron chi connectivity index (χ2n) is 2.00. The standard InChI is InChI=1S/C6H12N2O3S/c7-3-5(9)8-1-2-12-4-6(10)11/h1-4,7H2,(H,8,9)(H,10,11). The van der Waals surface area contributed by atoms with Crippen LogP contribution in [0.5, 0.6) is 0 Å². The number of carbonyl (C=O) groups is 2. The van der Waals surface area contributed by atoms with Crippen molar-refractivity contribution in [1.82, 2.24) is 5.32 Å². The first-order chi connectivity index (χ1) is 5.66. The highest BCUT2D eigenvalue weighted by Crippen LogP contribution is 1.96. The lowest BCUT2D eigenvalue weighted by atomic mass is 10.6. The summed E-state index contributed by atoms with van der Waals surface area (Å²) in [6, 6.07) is 0. The first kappa shape index (κ1) is 11.2. The molecule has 0 aliphatic heterocycles. The van der Waals surface area contributed by atoms with Gasteiger partial charge in [0.05, 0.1) is 12.3 Å². The quantitative estimate of drug-likeness (QED) is 0.463. The van der Waals surface area contributed by atoms with Crippen molar-refractivity contribution in [1.29, 1.82) is 0 Å². The second-order valence-corrected chi connectivity index (χ2v) is 3.11. The highest BCUT2D eigenvalue weighted by Gasteiger charge is 1.98. The van der Waals surface area contributed by atoms with Crippen LogP contribution in [0.2, 0.25) is 0 Å². The van der Waals surface area contributed by atoms with Gasteiger partial charge in [-0.15, -0.1) is 11.8 Å². The van der Waals surface area contributed by atoms with E-state index in [-0.39, 0.29) is 18.2 Å². The van der Waals surface area contributed by atoms with Gasteiger partial charge in [0.2, 0.25) is 5.91 Å². The summed E-state index contributed by atoms with van der Waals surface area (Å²) in [6.45, 7) is 0.442. The number of rotatable bonds is 6. The molecule has 0 atom stereocenters. The van der Waals surface area contributed by atoms with Crippen molar-refractivity contribution in [2.45, 2.75) is 0 Å². The third-order valence-corrected chi connectivity index (χ3v) is 1.92. The summed E-state index contributed by atoms with van der Waals surface area (Å²) in [4.78, 5) is 20.6. The van der Waals surface area contributed by atoms with E-state index in [1.54, 1.807) is 0 Å². The number of amides is 1. The zero-order valence-corrected chi connectivity index (χ0v) is 7.39. The Kier molecular flexibility index (Phi) is 6.50. The zero-order valence-electron chi connectivity index (χ0n) is 6.58. The first-order valence-electron chi connectivity index (χ1n) is 3.43. The Hall–Kier alpha value is -0.750. The molecule has 6 heteroatoms. The highest BCUT2D eigenvalue weighted by molar-refractivity contribution is 7.99. The maximum atomic E-state index is 10.5. The molecule has 0 unspecified atom stereocenters. The van der Waals surface area contributed by atoms with E-state index < -0.39 is 5.97 Å². The number of carbonyl (C=O) groups excluding carboxylic acids is 1. The summed E-state index contributed by atoms with van der Waals surface area (Å²) in [5, 5.41) is 10.8. The molecule has 70 valence electrons. The monoisotopic (exact) mass is 192 g/mol. The van der Waals surface area contributed by atoms with Crippen molar-refractivity contribution in [3.05, 3.63) is 0 Å². The number of thioether (sulfide) groups is 1. The number of hydrogen-bond donors (Lipinski definition) is 3. The van der Waals surface area contributed by atoms with Crippen molar-refractivity contribution >= 4 is 23.6 Å². The van der Waals surface area contributed by atoms with Gasteiger partial charge in [0.15, 0.2) is 0 Å². The predicted octanol–water partition coefficient (Wildman–Crippen LogP) is -1.12. The van der Waals surface area contributed by atoms with Gasteiger partial charge in [-0.2, -0.15) is 0 Å². The number of carboxylic acids is 1. The summed E-state index contributed by atoms with van der Waals surface area (Å²) in [7, 11) is 0. The number of nitrogens with two attached hydrogens (primary N) is 1. The fourth-order valence-electron chi connectivity index (χ4n) is 0.494. The lowest BCUT2D eigenvalue weighted by molar-refractivity contribution is -0.133. The SMILES string of the molecule is NCC(=O)NCCSCC(=O)O. The van der Waals surface area contributed by atoms with Gasteiger partial charge >= 0.3 is 5.97 Å². The molecule has 0 spiro atoms. The average Bonchev–Trinajstić information content (AvgIpc) is 2.03. The first-order valence-corrected chi connectivity index (χ1v) is 4.58. The van der Waals surface area contributed by atoms with Gasteiger partial charge in [-0.1, -0.05) is 0 Å². The van der Waals surface area contributed by atoms with Gasteiger partial charge in [-0.3, -0.25) is 9.59 Å². The Balaban J connectivity index is 3.11. The molecule has 1 amide bonds. The van der Waals surface area contributed by atoms with Crippen LogP contribution in [0.3, 0.4) is 0 Å². The summed E-state index contributed by atoms with van der Waals surface area (Å²) in [6.07, 6.45) is 0. The molecule has 0 aliphatic rings. The minimum atomic E-state index is -0.842. The summed E-state index contributed by atoms with van der Waals surface area (Å²) < 4.78 is 0. The van der Waals surface area contributed by atoms with E-state index in [9.17, 15) is 9.59 Å². The Morgan fingerprint density at radius 1 is 1.50 bits per heavy atom. The molecular weight excluding hydrogens is 180 g/mol. The van der Waals surface area contributed by atoms with Crippen LogP contribution in [-0.2, 0) is 9.59 Å². The number of hydrogen-bond acceptors (Lipinski definition) is 4. The summed E-state index contributed by atoms with van der Waals surface area (Å²) in [5.74, 6) is -0.396. The molecule has 0 fully saturated rings. The van der Waals surface area contributed by atoms with Crippen molar-refractivity contribution in [3.8, 4) is 0 Å². The molecule has 0 aromatic heterocycles. The van der Waals surface area contributed by atoms with Gasteiger partial charge in [0.1, 0.15) is 0 Å². The van der Waals surface area contributed by atoms with Crippen LogP contribution in [0.15, 0.2) is 0 Å². The molecule has 12 heavy (non-hydrogen) atoms. The Morgan fingerprint density at radius 2 is 2.17 bits per heavy atom. The van der Waals surface area contributed by atoms with Crippen LogP contribution in [0.4, 0.5) is 0 Å². The fraction of sp³-hybridized carbons (Fsp3) is 0.667. The molecule has 0 saturated heterocycles. The smallest absolute Gasteiger partial charge is 0.313 e. The molecule has 0 aromatic rings. The minimum Gasteiger partial charge on any atom is -0.481 e. The minimum absolute atomic E-state index is 0.0242. The normalized spacial score (nSPS) is 9.42. The molecule has 0 bridgehead atoms. The van der Waals surface area contributed by atoms with Crippen molar-refractivity contribution < 1.29 is 14.7 Å². The molecule has 0 aliphatic carbocycles. The van der Waals surface area contributed by atoms with Crippen LogP contribution in [0, 0.1) is 0 Å². The topological polar surface area (TPSA) is 92.4 Å².